The summed E-state index contributed by atoms with van der Waals surface area (Å²) >= 11 is 0. The molecule has 2 heterocycles. The van der Waals surface area contributed by atoms with Gasteiger partial charge in [-0.25, -0.2) is 22.5 Å². The molecule has 5 rings (SSSR count). The number of imidazole rings is 1. The topological polar surface area (TPSA) is 97.1 Å². The predicted octanol–water partition coefficient (Wildman–Crippen LogP) is 6.24. The van der Waals surface area contributed by atoms with Gasteiger partial charge in [0.1, 0.15) is 28.9 Å². The number of aromatic nitrogens is 3. The van der Waals surface area contributed by atoms with Crippen LogP contribution in [0.15, 0.2) is 60.9 Å². The number of ether oxygens (including phenoxy) is 2. The summed E-state index contributed by atoms with van der Waals surface area (Å²) < 4.78 is 68.2. The van der Waals surface area contributed by atoms with E-state index in [1.54, 1.807) is 0 Å². The van der Waals surface area contributed by atoms with Gasteiger partial charge in [-0.2, -0.15) is 0 Å². The lowest BCUT2D eigenvalue weighted by atomic mass is 10.0. The number of carbonyl (C=O) groups excluding carboxylic acids is 2. The highest BCUT2D eigenvalue weighted by Gasteiger charge is 2.20. The molecule has 0 aliphatic carbocycles. The maximum atomic E-state index is 14.8. The van der Waals surface area contributed by atoms with Crippen molar-refractivity contribution in [2.24, 2.45) is 0 Å². The molecule has 2 aromatic heterocycles. The van der Waals surface area contributed by atoms with E-state index in [0.717, 1.165) is 18.2 Å². The molecule has 0 bridgehead atoms. The van der Waals surface area contributed by atoms with Crippen molar-refractivity contribution in [3.63, 3.8) is 0 Å². The molecule has 7 nitrogen and oxygen atoms in total. The largest absolute Gasteiger partial charge is 0.469 e. The van der Waals surface area contributed by atoms with Crippen LogP contribution in [0.25, 0.3) is 22.3 Å². The van der Waals surface area contributed by atoms with Crippen molar-refractivity contribution in [3.8, 4) is 22.9 Å². The Balaban J connectivity index is 1.41. The minimum atomic E-state index is -0.958. The molecule has 5 aromatic rings. The average molecular weight is 537 g/mol. The number of H-pyrrole nitrogens is 2. The van der Waals surface area contributed by atoms with Gasteiger partial charge in [0.15, 0.2) is 17.4 Å². The minimum absolute atomic E-state index is 0.00463. The predicted molar refractivity (Wildman–Crippen MR) is 132 cm³/mol. The molecule has 0 saturated carbocycles. The number of nitrogens with zero attached hydrogens (tertiary/aromatic N) is 1. The van der Waals surface area contributed by atoms with Crippen LogP contribution in [0.2, 0.25) is 0 Å². The van der Waals surface area contributed by atoms with E-state index in [1.165, 1.54) is 49.8 Å². The Kier molecular flexibility index (Phi) is 6.88. The van der Waals surface area contributed by atoms with E-state index in [9.17, 15) is 27.2 Å². The van der Waals surface area contributed by atoms with E-state index >= 15 is 0 Å². The minimum Gasteiger partial charge on any atom is -0.469 e. The molecule has 39 heavy (non-hydrogen) atoms. The normalized spacial score (nSPS) is 11.1. The van der Waals surface area contributed by atoms with Crippen LogP contribution in [0, 0.1) is 23.3 Å². The molecule has 0 saturated heterocycles. The van der Waals surface area contributed by atoms with Crippen LogP contribution >= 0.6 is 0 Å². The number of hydrogen-bond donors (Lipinski definition) is 2. The highest BCUT2D eigenvalue weighted by molar-refractivity contribution is 6.08. The van der Waals surface area contributed by atoms with Gasteiger partial charge in [0.25, 0.3) is 0 Å². The standard InChI is InChI=1S/C28H19F4N3O4/c1-38-24(36)5-2-14-8-15(10-16(29)9-14)26(37)23-13-34-28(35-23)19-11-17(3-4-20(19)30)39-27-21(31)12-22-18(25(27)32)6-7-33-22/h3-4,6-13,33H,2,5H2,1H3,(H,34,35). The number of nitrogens with one attached hydrogen (secondary N) is 2. The number of ketones is 1. The lowest BCUT2D eigenvalue weighted by Crippen LogP contribution is -2.06. The molecule has 0 spiro atoms. The van der Waals surface area contributed by atoms with Crippen molar-refractivity contribution >= 4 is 22.7 Å². The number of esters is 1. The fourth-order valence-electron chi connectivity index (χ4n) is 4.07. The molecule has 0 atom stereocenters. The Hall–Kier alpha value is -4.93. The van der Waals surface area contributed by atoms with Gasteiger partial charge in [-0.15, -0.1) is 0 Å². The Labute approximate surface area is 218 Å². The van der Waals surface area contributed by atoms with Gasteiger partial charge in [-0.05, 0) is 54.4 Å². The van der Waals surface area contributed by atoms with E-state index in [0.29, 0.717) is 5.56 Å². The van der Waals surface area contributed by atoms with Crippen LogP contribution < -0.4 is 4.74 Å². The second kappa shape index (κ2) is 10.4. The summed E-state index contributed by atoms with van der Waals surface area (Å²) in [5, 5.41) is 0.119. The SMILES string of the molecule is COC(=O)CCc1cc(F)cc(C(=O)c2c[nH]c(-c3cc(Oc4c(F)cc5[nH]ccc5c4F)ccc3F)n2)c1. The summed E-state index contributed by atoms with van der Waals surface area (Å²) in [7, 11) is 1.24. The van der Waals surface area contributed by atoms with E-state index in [1.807, 2.05) is 0 Å². The molecule has 0 fully saturated rings. The number of methoxy groups -OCH3 is 1. The lowest BCUT2D eigenvalue weighted by Gasteiger charge is -2.10. The van der Waals surface area contributed by atoms with E-state index in [-0.39, 0.29) is 52.1 Å². The first-order valence-electron chi connectivity index (χ1n) is 11.6. The van der Waals surface area contributed by atoms with Gasteiger partial charge in [0, 0.05) is 35.8 Å². The zero-order valence-electron chi connectivity index (χ0n) is 20.3. The summed E-state index contributed by atoms with van der Waals surface area (Å²) in [6.07, 6.45) is 2.84. The van der Waals surface area contributed by atoms with Crippen LogP contribution in [0.4, 0.5) is 17.6 Å². The average Bonchev–Trinajstić information content (AvgIpc) is 3.60. The third kappa shape index (κ3) is 5.24. The van der Waals surface area contributed by atoms with Crippen molar-refractivity contribution in [1.29, 1.82) is 0 Å². The van der Waals surface area contributed by atoms with E-state index in [2.05, 4.69) is 19.7 Å². The highest BCUT2D eigenvalue weighted by Crippen LogP contribution is 2.34. The lowest BCUT2D eigenvalue weighted by molar-refractivity contribution is -0.140. The molecule has 3 aromatic carbocycles. The van der Waals surface area contributed by atoms with Crippen molar-refractivity contribution < 1.29 is 36.6 Å². The third-order valence-corrected chi connectivity index (χ3v) is 5.99. The van der Waals surface area contributed by atoms with E-state index < -0.39 is 40.8 Å². The second-order valence-corrected chi connectivity index (χ2v) is 8.57. The summed E-state index contributed by atoms with van der Waals surface area (Å²) in [6, 6.07) is 9.56. The van der Waals surface area contributed by atoms with Gasteiger partial charge in [0.05, 0.1) is 18.2 Å². The van der Waals surface area contributed by atoms with Gasteiger partial charge in [-0.3, -0.25) is 9.59 Å². The highest BCUT2D eigenvalue weighted by atomic mass is 19.1. The van der Waals surface area contributed by atoms with Crippen molar-refractivity contribution in [3.05, 3.63) is 101 Å². The first-order chi connectivity index (χ1) is 18.7. The van der Waals surface area contributed by atoms with Crippen molar-refractivity contribution in [1.82, 2.24) is 15.0 Å². The van der Waals surface area contributed by atoms with Crippen LogP contribution in [0.5, 0.6) is 11.5 Å². The molecule has 11 heteroatoms. The van der Waals surface area contributed by atoms with E-state index in [4.69, 9.17) is 4.74 Å². The quantitative estimate of drug-likeness (QED) is 0.139. The number of hydrogen-bond acceptors (Lipinski definition) is 5. The Morgan fingerprint density at radius 1 is 0.949 bits per heavy atom. The Morgan fingerprint density at radius 2 is 1.77 bits per heavy atom. The number of halogens is 4. The number of aromatic amines is 2. The maximum absolute atomic E-state index is 14.8. The molecule has 0 amide bonds. The zero-order valence-corrected chi connectivity index (χ0v) is 20.3. The van der Waals surface area contributed by atoms with Crippen LogP contribution in [0.3, 0.4) is 0 Å². The molecular weight excluding hydrogens is 518 g/mol. The molecule has 0 unspecified atom stereocenters. The van der Waals surface area contributed by atoms with Gasteiger partial charge >= 0.3 is 5.97 Å². The first-order valence-corrected chi connectivity index (χ1v) is 11.6. The van der Waals surface area contributed by atoms with Crippen LogP contribution in [-0.4, -0.2) is 33.8 Å². The molecule has 0 aliphatic heterocycles. The number of carbonyl (C=O) groups is 2. The van der Waals surface area contributed by atoms with Gasteiger partial charge in [-0.1, -0.05) is 0 Å². The second-order valence-electron chi connectivity index (χ2n) is 8.57. The van der Waals surface area contributed by atoms with Crippen LogP contribution in [-0.2, 0) is 16.0 Å². The monoisotopic (exact) mass is 537 g/mol. The van der Waals surface area contributed by atoms with Gasteiger partial charge < -0.3 is 19.4 Å². The summed E-state index contributed by atoms with van der Waals surface area (Å²) in [5.41, 5.74) is 0.381. The van der Waals surface area contributed by atoms with Crippen molar-refractivity contribution in [2.75, 3.05) is 7.11 Å². The summed E-state index contributed by atoms with van der Waals surface area (Å²) in [6.45, 7) is 0. The molecule has 2 N–H and O–H groups in total. The molecule has 0 aliphatic rings. The fourth-order valence-corrected chi connectivity index (χ4v) is 4.07. The Bertz CT molecular complexity index is 1730. The van der Waals surface area contributed by atoms with Gasteiger partial charge in [0.2, 0.25) is 5.78 Å². The number of fused-ring (bicyclic) bond motifs is 1. The molecule has 0 radical (unpaired) electrons. The number of benzene rings is 3. The maximum Gasteiger partial charge on any atom is 0.305 e. The molecule has 198 valence electrons. The number of rotatable bonds is 8. The molecular formula is C28H19F4N3O4. The fraction of sp³-hybridized carbons (Fsp3) is 0.107. The van der Waals surface area contributed by atoms with Crippen LogP contribution in [0.1, 0.15) is 28.0 Å². The third-order valence-electron chi connectivity index (χ3n) is 5.99. The number of aryl methyl sites for hydroxylation is 1. The Morgan fingerprint density at radius 3 is 2.56 bits per heavy atom. The summed E-state index contributed by atoms with van der Waals surface area (Å²) in [4.78, 5) is 33.9. The van der Waals surface area contributed by atoms with Crippen molar-refractivity contribution in [2.45, 2.75) is 12.8 Å². The first kappa shape index (κ1) is 25.7. The smallest absolute Gasteiger partial charge is 0.305 e. The summed E-state index contributed by atoms with van der Waals surface area (Å²) in [5.74, 6) is -5.23. The zero-order chi connectivity index (χ0) is 27.7.